The maximum Gasteiger partial charge on any atom is 0.558 e. The molecule has 0 aromatic rings. The van der Waals surface area contributed by atoms with Gasteiger partial charge in [0.2, 0.25) is 0 Å². The summed E-state index contributed by atoms with van der Waals surface area (Å²) in [6.07, 6.45) is -4.47. The molecule has 0 bridgehead atoms. The van der Waals surface area contributed by atoms with Gasteiger partial charge in [-0.05, 0) is 12.8 Å². The summed E-state index contributed by atoms with van der Waals surface area (Å²) in [7, 11) is 0. The van der Waals surface area contributed by atoms with Gasteiger partial charge < -0.3 is 4.90 Å². The van der Waals surface area contributed by atoms with Crippen molar-refractivity contribution in [2.24, 2.45) is 0 Å². The van der Waals surface area contributed by atoms with Crippen molar-refractivity contribution in [3.8, 4) is 0 Å². The van der Waals surface area contributed by atoms with Crippen molar-refractivity contribution in [1.29, 1.82) is 0 Å². The van der Waals surface area contributed by atoms with Crippen molar-refractivity contribution >= 4 is 6.09 Å². The summed E-state index contributed by atoms with van der Waals surface area (Å²) in [6.45, 7) is 0.833. The van der Waals surface area contributed by atoms with Crippen molar-refractivity contribution in [2.75, 3.05) is 13.1 Å². The second-order valence-corrected chi connectivity index (χ2v) is 2.57. The van der Waals surface area contributed by atoms with Crippen LogP contribution in [0.4, 0.5) is 18.0 Å². The second kappa shape index (κ2) is 3.82. The zero-order chi connectivity index (χ0) is 9.90. The van der Waals surface area contributed by atoms with Crippen LogP contribution in [0.5, 0.6) is 0 Å². The molecule has 1 amide bonds. The van der Waals surface area contributed by atoms with Crippen LogP contribution in [0.2, 0.25) is 0 Å². The first kappa shape index (κ1) is 10.1. The molecule has 0 atom stereocenters. The molecule has 0 aliphatic carbocycles. The lowest BCUT2D eigenvalue weighted by molar-refractivity contribution is -0.459. The molecule has 0 spiro atoms. The molecule has 0 radical (unpaired) electrons. The van der Waals surface area contributed by atoms with Gasteiger partial charge in [-0.25, -0.2) is 4.79 Å². The van der Waals surface area contributed by atoms with E-state index in [0.717, 1.165) is 17.7 Å². The highest BCUT2D eigenvalue weighted by molar-refractivity contribution is 5.67. The van der Waals surface area contributed by atoms with E-state index in [2.05, 4.69) is 9.78 Å². The minimum absolute atomic E-state index is 0.417. The Morgan fingerprint density at radius 1 is 1.23 bits per heavy atom. The van der Waals surface area contributed by atoms with Crippen LogP contribution in [0.1, 0.15) is 12.8 Å². The molecule has 0 unspecified atom stereocenters. The largest absolute Gasteiger partial charge is 0.558 e. The second-order valence-electron chi connectivity index (χ2n) is 2.57. The molecule has 1 heterocycles. The molecular weight excluding hydrogens is 191 g/mol. The molecule has 7 heteroatoms. The Balaban J connectivity index is 2.25. The third-order valence-corrected chi connectivity index (χ3v) is 1.57. The lowest BCUT2D eigenvalue weighted by atomic mass is 10.4. The summed E-state index contributed by atoms with van der Waals surface area (Å²) in [4.78, 5) is 18.4. The molecule has 0 N–H and O–H groups in total. The van der Waals surface area contributed by atoms with E-state index in [4.69, 9.17) is 0 Å². The molecular formula is C6H8F3NO3. The minimum atomic E-state index is -4.94. The van der Waals surface area contributed by atoms with Gasteiger partial charge in [0.1, 0.15) is 0 Å². The van der Waals surface area contributed by atoms with Gasteiger partial charge in [0, 0.05) is 13.1 Å². The fraction of sp³-hybridized carbons (Fsp3) is 0.833. The first-order chi connectivity index (χ1) is 5.99. The fourth-order valence-corrected chi connectivity index (χ4v) is 1.04. The van der Waals surface area contributed by atoms with Crippen LogP contribution >= 0.6 is 0 Å². The number of amides is 1. The molecule has 4 nitrogen and oxygen atoms in total. The van der Waals surface area contributed by atoms with Gasteiger partial charge in [0.25, 0.3) is 0 Å². The lowest BCUT2D eigenvalue weighted by Gasteiger charge is -2.13. The van der Waals surface area contributed by atoms with Gasteiger partial charge in [0.15, 0.2) is 0 Å². The Morgan fingerprint density at radius 3 is 2.23 bits per heavy atom. The number of carbonyl (C=O) groups is 1. The molecule has 0 saturated carbocycles. The average Bonchev–Trinajstić information content (AvgIpc) is 2.50. The van der Waals surface area contributed by atoms with Crippen LogP contribution in [-0.2, 0) is 9.78 Å². The molecule has 1 aliphatic rings. The summed E-state index contributed by atoms with van der Waals surface area (Å²) < 4.78 is 34.2. The van der Waals surface area contributed by atoms with Crippen molar-refractivity contribution in [2.45, 2.75) is 19.2 Å². The molecule has 1 fully saturated rings. The Kier molecular flexibility index (Phi) is 2.97. The summed E-state index contributed by atoms with van der Waals surface area (Å²) >= 11 is 0. The number of carbonyl (C=O) groups excluding carboxylic acids is 1. The monoisotopic (exact) mass is 199 g/mol. The molecule has 1 rings (SSSR count). The van der Waals surface area contributed by atoms with Gasteiger partial charge in [-0.2, -0.15) is 0 Å². The summed E-state index contributed by atoms with van der Waals surface area (Å²) in [6, 6.07) is 0. The van der Waals surface area contributed by atoms with Gasteiger partial charge in [-0.3, -0.25) is 4.89 Å². The van der Waals surface area contributed by atoms with E-state index in [1.807, 2.05) is 0 Å². The predicted molar refractivity (Wildman–Crippen MR) is 34.4 cm³/mol. The van der Waals surface area contributed by atoms with E-state index < -0.39 is 12.5 Å². The first-order valence-corrected chi connectivity index (χ1v) is 3.70. The normalized spacial score (nSPS) is 17.6. The number of likely N-dealkylation sites (tertiary alicyclic amines) is 1. The van der Waals surface area contributed by atoms with Crippen LogP contribution < -0.4 is 0 Å². The SMILES string of the molecule is O=C(OOC(F)(F)F)N1CCCC1. The van der Waals surface area contributed by atoms with Gasteiger partial charge in [-0.15, -0.1) is 13.2 Å². The topological polar surface area (TPSA) is 38.8 Å². The zero-order valence-electron chi connectivity index (χ0n) is 6.63. The van der Waals surface area contributed by atoms with Crippen LogP contribution in [0, 0.1) is 0 Å². The molecule has 1 aliphatic heterocycles. The maximum atomic E-state index is 11.4. The summed E-state index contributed by atoms with van der Waals surface area (Å²) in [5.74, 6) is 0. The van der Waals surface area contributed by atoms with Crippen LogP contribution in [-0.4, -0.2) is 30.4 Å². The summed E-state index contributed by atoms with van der Waals surface area (Å²) in [5.41, 5.74) is 0. The predicted octanol–water partition coefficient (Wildman–Crippen LogP) is 1.67. The summed E-state index contributed by atoms with van der Waals surface area (Å²) in [5, 5.41) is 0. The van der Waals surface area contributed by atoms with Crippen molar-refractivity contribution in [3.05, 3.63) is 0 Å². The third kappa shape index (κ3) is 3.49. The number of nitrogens with zero attached hydrogens (tertiary/aromatic N) is 1. The minimum Gasteiger partial charge on any atom is -0.306 e. The van der Waals surface area contributed by atoms with E-state index in [9.17, 15) is 18.0 Å². The Morgan fingerprint density at radius 2 is 1.77 bits per heavy atom. The molecule has 0 aromatic heterocycles. The van der Waals surface area contributed by atoms with Crippen molar-refractivity contribution in [3.63, 3.8) is 0 Å². The van der Waals surface area contributed by atoms with Crippen LogP contribution in [0.3, 0.4) is 0 Å². The Bertz CT molecular complexity index is 188. The van der Waals surface area contributed by atoms with E-state index in [1.165, 1.54) is 0 Å². The quantitative estimate of drug-likeness (QED) is 0.476. The van der Waals surface area contributed by atoms with Gasteiger partial charge in [0.05, 0.1) is 0 Å². The molecule has 0 aromatic carbocycles. The number of rotatable bonds is 1. The fourth-order valence-electron chi connectivity index (χ4n) is 1.04. The number of halogens is 3. The van der Waals surface area contributed by atoms with E-state index in [1.54, 1.807) is 0 Å². The number of hydrogen-bond donors (Lipinski definition) is 0. The zero-order valence-corrected chi connectivity index (χ0v) is 6.63. The van der Waals surface area contributed by atoms with Crippen LogP contribution in [0.15, 0.2) is 0 Å². The van der Waals surface area contributed by atoms with Crippen molar-refractivity contribution in [1.82, 2.24) is 4.90 Å². The van der Waals surface area contributed by atoms with E-state index in [0.29, 0.717) is 13.1 Å². The van der Waals surface area contributed by atoms with Crippen molar-refractivity contribution < 1.29 is 27.7 Å². The highest BCUT2D eigenvalue weighted by Crippen LogP contribution is 2.18. The molecule has 13 heavy (non-hydrogen) atoms. The number of alkyl halides is 3. The van der Waals surface area contributed by atoms with Crippen LogP contribution in [0.25, 0.3) is 0 Å². The third-order valence-electron chi connectivity index (χ3n) is 1.57. The molecule has 1 saturated heterocycles. The Labute approximate surface area is 72.1 Å². The first-order valence-electron chi connectivity index (χ1n) is 3.70. The Hall–Kier alpha value is -0.980. The highest BCUT2D eigenvalue weighted by atomic mass is 19.4. The van der Waals surface area contributed by atoms with Gasteiger partial charge in [-0.1, -0.05) is 4.89 Å². The highest BCUT2D eigenvalue weighted by Gasteiger charge is 2.34. The lowest BCUT2D eigenvalue weighted by Crippen LogP contribution is -2.30. The maximum absolute atomic E-state index is 11.4. The average molecular weight is 199 g/mol. The standard InChI is InChI=1S/C6H8F3NO3/c7-6(8,9)13-12-5(11)10-3-1-2-4-10/h1-4H2. The number of hydrogen-bond acceptors (Lipinski definition) is 3. The van der Waals surface area contributed by atoms with E-state index in [-0.39, 0.29) is 0 Å². The molecule has 76 valence electrons. The van der Waals surface area contributed by atoms with E-state index >= 15 is 0 Å². The smallest absolute Gasteiger partial charge is 0.306 e. The van der Waals surface area contributed by atoms with Gasteiger partial charge >= 0.3 is 12.5 Å².